The maximum atomic E-state index is 11.9. The largest absolute Gasteiger partial charge is 0.494 e. The topological polar surface area (TPSA) is 103 Å². The van der Waals surface area contributed by atoms with Crippen LogP contribution >= 0.6 is 0 Å². The molecule has 0 radical (unpaired) electrons. The molecular formula is C17H18N4O4. The van der Waals surface area contributed by atoms with E-state index in [2.05, 4.69) is 20.6 Å². The van der Waals surface area contributed by atoms with Gasteiger partial charge in [0.05, 0.1) is 6.61 Å². The molecule has 1 aromatic carbocycles. The van der Waals surface area contributed by atoms with Crippen LogP contribution in [0.5, 0.6) is 5.75 Å². The SMILES string of the molecule is CCOc1ccc(-c2noc(CCC(=O)Nc3cc(C)on3)n2)cc1. The monoisotopic (exact) mass is 342 g/mol. The summed E-state index contributed by atoms with van der Waals surface area (Å²) in [4.78, 5) is 16.2. The molecule has 0 fully saturated rings. The maximum absolute atomic E-state index is 11.9. The number of carbonyl (C=O) groups excluding carboxylic acids is 1. The Morgan fingerprint density at radius 3 is 2.68 bits per heavy atom. The zero-order valence-electron chi connectivity index (χ0n) is 14.0. The average molecular weight is 342 g/mol. The molecule has 25 heavy (non-hydrogen) atoms. The lowest BCUT2D eigenvalue weighted by molar-refractivity contribution is -0.116. The number of aryl methyl sites for hydroxylation is 2. The number of amides is 1. The van der Waals surface area contributed by atoms with Crippen LogP contribution in [0.15, 0.2) is 39.4 Å². The average Bonchev–Trinajstić information content (AvgIpc) is 3.23. The number of nitrogens with zero attached hydrogens (tertiary/aromatic N) is 3. The van der Waals surface area contributed by atoms with E-state index < -0.39 is 0 Å². The van der Waals surface area contributed by atoms with Crippen LogP contribution in [0.1, 0.15) is 25.0 Å². The lowest BCUT2D eigenvalue weighted by Crippen LogP contribution is -2.12. The molecule has 8 nitrogen and oxygen atoms in total. The number of carbonyl (C=O) groups is 1. The molecule has 0 saturated carbocycles. The highest BCUT2D eigenvalue weighted by Gasteiger charge is 2.12. The van der Waals surface area contributed by atoms with Crippen molar-refractivity contribution in [1.82, 2.24) is 15.3 Å². The fourth-order valence-corrected chi connectivity index (χ4v) is 2.19. The summed E-state index contributed by atoms with van der Waals surface area (Å²) in [5, 5.41) is 10.3. The molecule has 2 aromatic heterocycles. The lowest BCUT2D eigenvalue weighted by Gasteiger charge is -2.02. The summed E-state index contributed by atoms with van der Waals surface area (Å²) >= 11 is 0. The molecule has 1 amide bonds. The Hall–Kier alpha value is -3.16. The van der Waals surface area contributed by atoms with Crippen LogP contribution in [0.2, 0.25) is 0 Å². The molecular weight excluding hydrogens is 324 g/mol. The quantitative estimate of drug-likeness (QED) is 0.704. The van der Waals surface area contributed by atoms with Crippen LogP contribution in [0.4, 0.5) is 5.82 Å². The van der Waals surface area contributed by atoms with Crippen molar-refractivity contribution in [3.8, 4) is 17.1 Å². The molecule has 0 unspecified atom stereocenters. The van der Waals surface area contributed by atoms with Crippen molar-refractivity contribution in [2.24, 2.45) is 0 Å². The van der Waals surface area contributed by atoms with Crippen molar-refractivity contribution in [2.75, 3.05) is 11.9 Å². The third kappa shape index (κ3) is 4.43. The number of hydrogen-bond acceptors (Lipinski definition) is 7. The molecule has 0 saturated heterocycles. The highest BCUT2D eigenvalue weighted by atomic mass is 16.5. The van der Waals surface area contributed by atoms with Crippen molar-refractivity contribution in [1.29, 1.82) is 0 Å². The summed E-state index contributed by atoms with van der Waals surface area (Å²) in [6.07, 6.45) is 0.545. The molecule has 0 spiro atoms. The van der Waals surface area contributed by atoms with Crippen LogP contribution in [0.25, 0.3) is 11.4 Å². The number of nitrogens with one attached hydrogen (secondary N) is 1. The Morgan fingerprint density at radius 2 is 2.00 bits per heavy atom. The highest BCUT2D eigenvalue weighted by molar-refractivity contribution is 5.89. The van der Waals surface area contributed by atoms with E-state index in [0.29, 0.717) is 36.3 Å². The zero-order valence-corrected chi connectivity index (χ0v) is 14.0. The fraction of sp³-hybridized carbons (Fsp3) is 0.294. The smallest absolute Gasteiger partial charge is 0.227 e. The normalized spacial score (nSPS) is 10.6. The number of rotatable bonds is 7. The van der Waals surface area contributed by atoms with Gasteiger partial charge in [0.15, 0.2) is 5.82 Å². The van der Waals surface area contributed by atoms with Gasteiger partial charge in [0, 0.05) is 24.5 Å². The molecule has 0 atom stereocenters. The lowest BCUT2D eigenvalue weighted by atomic mass is 10.2. The fourth-order valence-electron chi connectivity index (χ4n) is 2.19. The first-order valence-electron chi connectivity index (χ1n) is 7.93. The summed E-state index contributed by atoms with van der Waals surface area (Å²) in [7, 11) is 0. The van der Waals surface area contributed by atoms with Gasteiger partial charge in [-0.2, -0.15) is 4.98 Å². The van der Waals surface area contributed by atoms with Gasteiger partial charge in [-0.3, -0.25) is 4.79 Å². The van der Waals surface area contributed by atoms with Crippen molar-refractivity contribution < 1.29 is 18.6 Å². The minimum Gasteiger partial charge on any atom is -0.494 e. The molecule has 3 rings (SSSR count). The van der Waals surface area contributed by atoms with Gasteiger partial charge in [0.2, 0.25) is 17.6 Å². The Labute approximate surface area is 144 Å². The summed E-state index contributed by atoms with van der Waals surface area (Å²) in [5.74, 6) is 2.49. The number of ether oxygens (including phenoxy) is 1. The van der Waals surface area contributed by atoms with Crippen LogP contribution in [0, 0.1) is 6.92 Å². The van der Waals surface area contributed by atoms with Gasteiger partial charge in [0.1, 0.15) is 11.5 Å². The standard InChI is InChI=1S/C17H18N4O4/c1-3-23-13-6-4-12(5-7-13)17-19-16(25-21-17)9-8-15(22)18-14-10-11(2)24-20-14/h4-7,10H,3,8-9H2,1-2H3,(H,18,20,22). The molecule has 8 heteroatoms. The van der Waals surface area contributed by atoms with Crippen molar-refractivity contribution in [2.45, 2.75) is 26.7 Å². The number of aromatic nitrogens is 3. The van der Waals surface area contributed by atoms with Crippen molar-refractivity contribution in [3.63, 3.8) is 0 Å². The van der Waals surface area contributed by atoms with Crippen molar-refractivity contribution in [3.05, 3.63) is 42.0 Å². The van der Waals surface area contributed by atoms with Crippen LogP contribution < -0.4 is 10.1 Å². The van der Waals surface area contributed by atoms with E-state index in [9.17, 15) is 4.79 Å². The second kappa shape index (κ2) is 7.61. The van der Waals surface area contributed by atoms with E-state index in [1.165, 1.54) is 0 Å². The van der Waals surface area contributed by atoms with Gasteiger partial charge in [-0.1, -0.05) is 10.3 Å². The second-order valence-corrected chi connectivity index (χ2v) is 5.34. The summed E-state index contributed by atoms with van der Waals surface area (Å²) < 4.78 is 15.5. The number of benzene rings is 1. The first kappa shape index (κ1) is 16.7. The maximum Gasteiger partial charge on any atom is 0.227 e. The van der Waals surface area contributed by atoms with Gasteiger partial charge in [-0.25, -0.2) is 0 Å². The Kier molecular flexibility index (Phi) is 5.08. The summed E-state index contributed by atoms with van der Waals surface area (Å²) in [6.45, 7) is 4.30. The Bertz CT molecular complexity index is 838. The Balaban J connectivity index is 1.55. The predicted molar refractivity (Wildman–Crippen MR) is 89.1 cm³/mol. The minimum absolute atomic E-state index is 0.200. The molecule has 3 aromatic rings. The van der Waals surface area contributed by atoms with E-state index in [1.807, 2.05) is 31.2 Å². The van der Waals surface area contributed by atoms with Gasteiger partial charge in [-0.05, 0) is 38.1 Å². The molecule has 0 aliphatic rings. The summed E-state index contributed by atoms with van der Waals surface area (Å²) in [5.41, 5.74) is 0.820. The van der Waals surface area contributed by atoms with E-state index >= 15 is 0 Å². The third-order valence-corrected chi connectivity index (χ3v) is 3.35. The van der Waals surface area contributed by atoms with Crippen LogP contribution in [-0.2, 0) is 11.2 Å². The first-order valence-corrected chi connectivity index (χ1v) is 7.93. The third-order valence-electron chi connectivity index (χ3n) is 3.35. The van der Waals surface area contributed by atoms with Gasteiger partial charge >= 0.3 is 0 Å². The van der Waals surface area contributed by atoms with E-state index in [4.69, 9.17) is 13.8 Å². The van der Waals surface area contributed by atoms with Crippen LogP contribution in [0.3, 0.4) is 0 Å². The predicted octanol–water partition coefficient (Wildman–Crippen LogP) is 3.00. The zero-order chi connectivity index (χ0) is 17.6. The minimum atomic E-state index is -0.200. The molecule has 0 bridgehead atoms. The number of anilines is 1. The first-order chi connectivity index (χ1) is 12.1. The second-order valence-electron chi connectivity index (χ2n) is 5.34. The van der Waals surface area contributed by atoms with E-state index in [0.717, 1.165) is 11.3 Å². The van der Waals surface area contributed by atoms with E-state index in [-0.39, 0.29) is 12.3 Å². The Morgan fingerprint density at radius 1 is 1.20 bits per heavy atom. The molecule has 1 N–H and O–H groups in total. The van der Waals surface area contributed by atoms with Crippen LogP contribution in [-0.4, -0.2) is 27.8 Å². The van der Waals surface area contributed by atoms with Crippen molar-refractivity contribution >= 4 is 11.7 Å². The van der Waals surface area contributed by atoms with Gasteiger partial charge in [0.25, 0.3) is 0 Å². The molecule has 0 aliphatic heterocycles. The van der Waals surface area contributed by atoms with E-state index in [1.54, 1.807) is 13.0 Å². The highest BCUT2D eigenvalue weighted by Crippen LogP contribution is 2.20. The van der Waals surface area contributed by atoms with Gasteiger partial charge in [-0.15, -0.1) is 0 Å². The van der Waals surface area contributed by atoms with Gasteiger partial charge < -0.3 is 19.1 Å². The summed E-state index contributed by atoms with van der Waals surface area (Å²) in [6, 6.07) is 9.07. The molecule has 2 heterocycles. The molecule has 130 valence electrons. The molecule has 0 aliphatic carbocycles. The number of hydrogen-bond donors (Lipinski definition) is 1.